The van der Waals surface area contributed by atoms with Crippen molar-refractivity contribution in [3.63, 3.8) is 0 Å². The van der Waals surface area contributed by atoms with Gasteiger partial charge < -0.3 is 25.1 Å². The van der Waals surface area contributed by atoms with Crippen LogP contribution in [0.25, 0.3) is 0 Å². The molecule has 0 radical (unpaired) electrons. The highest BCUT2D eigenvalue weighted by atomic mass is 16.5. The van der Waals surface area contributed by atoms with Gasteiger partial charge in [0.2, 0.25) is 17.6 Å². The number of aliphatic imine (C=N–C) groups is 1. The first-order valence-corrected chi connectivity index (χ1v) is 11.3. The SMILES string of the molecule is COc1cc(C2CC(=O)C3C(=Nc4nc(N)nn4C3c3ccc(C(=O)O)cc3)C2)cc(OC)c1OC. The quantitative estimate of drug-likeness (QED) is 0.530. The number of carboxylic acids is 1. The maximum atomic E-state index is 13.7. The van der Waals surface area contributed by atoms with Gasteiger partial charge >= 0.3 is 5.97 Å². The van der Waals surface area contributed by atoms with Gasteiger partial charge in [-0.05, 0) is 47.7 Å². The van der Waals surface area contributed by atoms with E-state index in [1.807, 2.05) is 12.1 Å². The Labute approximate surface area is 206 Å². The van der Waals surface area contributed by atoms with Crippen LogP contribution in [0.15, 0.2) is 41.4 Å². The molecule has 0 saturated heterocycles. The van der Waals surface area contributed by atoms with Crippen LogP contribution in [-0.4, -0.2) is 58.7 Å². The molecule has 3 N–H and O–H groups in total. The highest BCUT2D eigenvalue weighted by molar-refractivity contribution is 6.10. The van der Waals surface area contributed by atoms with Crippen LogP contribution in [0.1, 0.15) is 46.3 Å². The highest BCUT2D eigenvalue weighted by Crippen LogP contribution is 2.46. The number of fused-ring (bicyclic) bond motifs is 2. The Morgan fingerprint density at radius 2 is 1.69 bits per heavy atom. The molecule has 3 atom stereocenters. The third-order valence-corrected chi connectivity index (χ3v) is 6.72. The van der Waals surface area contributed by atoms with E-state index in [0.29, 0.717) is 35.3 Å². The van der Waals surface area contributed by atoms with E-state index in [2.05, 4.69) is 15.1 Å². The Bertz CT molecular complexity index is 1360. The van der Waals surface area contributed by atoms with Gasteiger partial charge in [0.25, 0.3) is 0 Å². The van der Waals surface area contributed by atoms with Crippen LogP contribution in [0.3, 0.4) is 0 Å². The number of benzene rings is 2. The number of nitrogens with two attached hydrogens (primary N) is 1. The minimum absolute atomic E-state index is 0.00853. The molecule has 3 unspecified atom stereocenters. The summed E-state index contributed by atoms with van der Waals surface area (Å²) in [5.41, 5.74) is 8.31. The normalized spacial score (nSPS) is 20.7. The molecular formula is C25H25N5O6. The molecule has 2 aromatic carbocycles. The zero-order valence-corrected chi connectivity index (χ0v) is 20.0. The van der Waals surface area contributed by atoms with Crippen LogP contribution in [-0.2, 0) is 4.79 Å². The Kier molecular flexibility index (Phi) is 5.83. The number of ether oxygens (including phenoxy) is 3. The van der Waals surface area contributed by atoms with Gasteiger partial charge in [-0.25, -0.2) is 14.5 Å². The van der Waals surface area contributed by atoms with Crippen molar-refractivity contribution in [2.45, 2.75) is 24.8 Å². The van der Waals surface area contributed by atoms with Gasteiger partial charge in [0.15, 0.2) is 11.5 Å². The lowest BCUT2D eigenvalue weighted by Crippen LogP contribution is -2.41. The van der Waals surface area contributed by atoms with Gasteiger partial charge in [-0.2, -0.15) is 4.98 Å². The molecule has 3 aromatic rings. The highest BCUT2D eigenvalue weighted by Gasteiger charge is 2.45. The van der Waals surface area contributed by atoms with Gasteiger partial charge in [-0.3, -0.25) is 4.79 Å². The summed E-state index contributed by atoms with van der Waals surface area (Å²) >= 11 is 0. The molecule has 1 saturated carbocycles. The molecule has 1 aliphatic carbocycles. The van der Waals surface area contributed by atoms with Crippen LogP contribution in [0, 0.1) is 5.92 Å². The molecule has 5 rings (SSSR count). The number of rotatable bonds is 6. The monoisotopic (exact) mass is 491 g/mol. The Morgan fingerprint density at radius 3 is 2.28 bits per heavy atom. The zero-order valence-electron chi connectivity index (χ0n) is 20.0. The van der Waals surface area contributed by atoms with Crippen molar-refractivity contribution < 1.29 is 28.9 Å². The standard InChI is InChI=1S/C25H25N5O6/c1-34-18-10-15(11-19(35-2)22(18)36-3)14-8-16-20(17(31)9-14)21(30-25(27-16)28-24(26)29-30)12-4-6-13(7-5-12)23(32)33/h4-7,10-11,14,20-21H,8-9H2,1-3H3,(H2,26,29)(H,32,33). The Balaban J connectivity index is 1.56. The minimum atomic E-state index is -1.03. The molecule has 0 amide bonds. The summed E-state index contributed by atoms with van der Waals surface area (Å²) in [5, 5.41) is 13.6. The maximum Gasteiger partial charge on any atom is 0.335 e. The molecule has 0 spiro atoms. The number of carboxylic acid groups (broad SMARTS) is 1. The Hall–Kier alpha value is -4.41. The number of aromatic carboxylic acids is 1. The lowest BCUT2D eigenvalue weighted by atomic mass is 9.71. The van der Waals surface area contributed by atoms with Crippen LogP contribution in [0.2, 0.25) is 0 Å². The van der Waals surface area contributed by atoms with E-state index >= 15 is 0 Å². The first-order valence-electron chi connectivity index (χ1n) is 11.3. The van der Waals surface area contributed by atoms with Crippen molar-refractivity contribution in [1.82, 2.24) is 14.8 Å². The number of methoxy groups -OCH3 is 3. The first kappa shape index (κ1) is 23.3. The molecule has 36 heavy (non-hydrogen) atoms. The average Bonchev–Trinajstić information content (AvgIpc) is 3.25. The summed E-state index contributed by atoms with van der Waals surface area (Å²) < 4.78 is 18.0. The third kappa shape index (κ3) is 3.82. The number of ketones is 1. The van der Waals surface area contributed by atoms with Crippen molar-refractivity contribution in [3.05, 3.63) is 53.1 Å². The van der Waals surface area contributed by atoms with Gasteiger partial charge in [0, 0.05) is 12.1 Å². The average molecular weight is 492 g/mol. The molecule has 2 aliphatic rings. The van der Waals surface area contributed by atoms with Gasteiger partial charge in [-0.15, -0.1) is 5.10 Å². The fourth-order valence-electron chi connectivity index (χ4n) is 5.07. The van der Waals surface area contributed by atoms with Crippen molar-refractivity contribution in [1.29, 1.82) is 0 Å². The molecule has 0 bridgehead atoms. The van der Waals surface area contributed by atoms with Crippen LogP contribution < -0.4 is 19.9 Å². The van der Waals surface area contributed by atoms with E-state index in [0.717, 1.165) is 11.1 Å². The van der Waals surface area contributed by atoms with Crippen molar-refractivity contribution in [2.75, 3.05) is 27.1 Å². The van der Waals surface area contributed by atoms with E-state index in [-0.39, 0.29) is 29.6 Å². The summed E-state index contributed by atoms with van der Waals surface area (Å²) in [6.45, 7) is 0. The maximum absolute atomic E-state index is 13.7. The second-order valence-electron chi connectivity index (χ2n) is 8.70. The van der Waals surface area contributed by atoms with Crippen LogP contribution >= 0.6 is 0 Å². The van der Waals surface area contributed by atoms with Gasteiger partial charge in [0.05, 0.1) is 38.9 Å². The second kappa shape index (κ2) is 8.99. The second-order valence-corrected chi connectivity index (χ2v) is 8.70. The number of carbonyl (C=O) groups is 2. The van der Waals surface area contributed by atoms with Crippen molar-refractivity contribution in [2.24, 2.45) is 10.9 Å². The molecule has 2 heterocycles. The first-order chi connectivity index (χ1) is 17.3. The summed E-state index contributed by atoms with van der Waals surface area (Å²) in [7, 11) is 4.63. The number of aromatic nitrogens is 3. The van der Waals surface area contributed by atoms with E-state index in [4.69, 9.17) is 19.9 Å². The van der Waals surface area contributed by atoms with Crippen molar-refractivity contribution >= 4 is 29.4 Å². The third-order valence-electron chi connectivity index (χ3n) is 6.72. The summed E-state index contributed by atoms with van der Waals surface area (Å²) in [6, 6.07) is 9.57. The van der Waals surface area contributed by atoms with E-state index in [1.165, 1.54) is 19.2 Å². The van der Waals surface area contributed by atoms with E-state index in [9.17, 15) is 14.7 Å². The lowest BCUT2D eigenvalue weighted by Gasteiger charge is -2.37. The van der Waals surface area contributed by atoms with Crippen LogP contribution in [0.5, 0.6) is 17.2 Å². The summed E-state index contributed by atoms with van der Waals surface area (Å²) in [6.07, 6.45) is 0.775. The lowest BCUT2D eigenvalue weighted by molar-refractivity contribution is -0.122. The fourth-order valence-corrected chi connectivity index (χ4v) is 5.07. The minimum Gasteiger partial charge on any atom is -0.493 e. The van der Waals surface area contributed by atoms with Crippen LogP contribution in [0.4, 0.5) is 11.9 Å². The smallest absolute Gasteiger partial charge is 0.335 e. The number of hydrogen-bond acceptors (Lipinski definition) is 9. The number of hydrogen-bond donors (Lipinski definition) is 2. The number of carbonyl (C=O) groups excluding carboxylic acids is 1. The largest absolute Gasteiger partial charge is 0.493 e. The molecule has 186 valence electrons. The summed E-state index contributed by atoms with van der Waals surface area (Å²) in [4.78, 5) is 33.9. The van der Waals surface area contributed by atoms with Gasteiger partial charge in [-0.1, -0.05) is 12.1 Å². The molecule has 1 fully saturated rings. The molecule has 11 nitrogen and oxygen atoms in total. The molecule has 11 heteroatoms. The van der Waals surface area contributed by atoms with E-state index in [1.54, 1.807) is 31.0 Å². The van der Waals surface area contributed by atoms with E-state index < -0.39 is 17.9 Å². The Morgan fingerprint density at radius 1 is 1.03 bits per heavy atom. The zero-order chi connectivity index (χ0) is 25.6. The number of Topliss-reactive ketones (excluding diaryl/α,β-unsaturated/α-hetero) is 1. The predicted molar refractivity (Wildman–Crippen MR) is 130 cm³/mol. The topological polar surface area (TPSA) is 151 Å². The predicted octanol–water partition coefficient (Wildman–Crippen LogP) is 3.02. The fraction of sp³-hybridized carbons (Fsp3) is 0.320. The molecular weight excluding hydrogens is 466 g/mol. The molecule has 1 aromatic heterocycles. The summed E-state index contributed by atoms with van der Waals surface area (Å²) in [5.74, 6) is 0.0821. The molecule has 1 aliphatic heterocycles. The van der Waals surface area contributed by atoms with Gasteiger partial charge in [0.1, 0.15) is 5.78 Å². The number of anilines is 1. The number of nitrogen functional groups attached to an aromatic ring is 1. The number of nitrogens with zero attached hydrogens (tertiary/aromatic N) is 4. The van der Waals surface area contributed by atoms with Crippen molar-refractivity contribution in [3.8, 4) is 17.2 Å².